The van der Waals surface area contributed by atoms with Crippen LogP contribution in [0.3, 0.4) is 0 Å². The number of nitrogens with two attached hydrogens (primary N) is 1. The zero-order valence-electron chi connectivity index (χ0n) is 10.6. The smallest absolute Gasteiger partial charge is 0.258 e. The average molecular weight is 290 g/mol. The van der Waals surface area contributed by atoms with Crippen LogP contribution < -0.4 is 15.8 Å². The molecule has 0 unspecified atom stereocenters. The zero-order chi connectivity index (χ0) is 14.4. The molecule has 20 heavy (non-hydrogen) atoms. The molecule has 0 bridgehead atoms. The van der Waals surface area contributed by atoms with Crippen molar-refractivity contribution in [2.24, 2.45) is 5.73 Å². The Kier molecular flexibility index (Phi) is 4.67. The third-order valence-electron chi connectivity index (χ3n) is 2.54. The minimum atomic E-state index is -0.210. The largest absolute Gasteiger partial charge is 0.484 e. The Hall–Kier alpha value is -2.41. The van der Waals surface area contributed by atoms with Crippen molar-refractivity contribution >= 4 is 23.1 Å². The molecule has 4 N–H and O–H groups in total. The number of hydrogen-bond donors (Lipinski definition) is 3. The summed E-state index contributed by atoms with van der Waals surface area (Å²) in [6, 6.07) is 6.94. The lowest BCUT2D eigenvalue weighted by Crippen LogP contribution is -2.28. The summed E-state index contributed by atoms with van der Waals surface area (Å²) in [5, 5.41) is 2.71. The Morgan fingerprint density at radius 1 is 1.40 bits per heavy atom. The molecular formula is C13H14N4O2S. The van der Waals surface area contributed by atoms with E-state index in [-0.39, 0.29) is 12.5 Å². The number of amides is 1. The summed E-state index contributed by atoms with van der Waals surface area (Å²) in [6.45, 7) is 0.336. The fourth-order valence-corrected chi connectivity index (χ4v) is 1.63. The molecular weight excluding hydrogens is 276 g/mol. The van der Waals surface area contributed by atoms with E-state index < -0.39 is 0 Å². The van der Waals surface area contributed by atoms with Crippen molar-refractivity contribution in [2.75, 3.05) is 6.61 Å². The summed E-state index contributed by atoms with van der Waals surface area (Å²) in [6.07, 6.45) is 3.21. The second-order valence-electron chi connectivity index (χ2n) is 4.03. The highest BCUT2D eigenvalue weighted by molar-refractivity contribution is 7.80. The lowest BCUT2D eigenvalue weighted by molar-refractivity contribution is -0.123. The predicted octanol–water partition coefficient (Wildman–Crippen LogP) is 0.739. The molecule has 0 radical (unpaired) electrons. The Labute approximate surface area is 121 Å². The summed E-state index contributed by atoms with van der Waals surface area (Å²) in [5.41, 5.74) is 7.08. The lowest BCUT2D eigenvalue weighted by Gasteiger charge is -2.07. The number of hydrogen-bond acceptors (Lipinski definition) is 4. The number of ether oxygens (including phenoxy) is 1. The van der Waals surface area contributed by atoms with Crippen molar-refractivity contribution in [1.29, 1.82) is 0 Å². The summed E-state index contributed by atoms with van der Waals surface area (Å²) >= 11 is 4.85. The highest BCUT2D eigenvalue weighted by Crippen LogP contribution is 2.11. The summed E-state index contributed by atoms with van der Waals surface area (Å²) in [5.74, 6) is 0.375. The van der Waals surface area contributed by atoms with Gasteiger partial charge in [0.25, 0.3) is 5.91 Å². The minimum Gasteiger partial charge on any atom is -0.484 e. The van der Waals surface area contributed by atoms with E-state index in [0.29, 0.717) is 17.3 Å². The van der Waals surface area contributed by atoms with E-state index >= 15 is 0 Å². The second kappa shape index (κ2) is 6.67. The maximum Gasteiger partial charge on any atom is 0.258 e. The molecule has 1 aromatic carbocycles. The van der Waals surface area contributed by atoms with Gasteiger partial charge < -0.3 is 20.8 Å². The number of aromatic nitrogens is 2. The first-order valence-corrected chi connectivity index (χ1v) is 6.32. The number of imidazole rings is 1. The molecule has 1 heterocycles. The van der Waals surface area contributed by atoms with E-state index in [0.717, 1.165) is 11.3 Å². The molecule has 0 aliphatic carbocycles. The van der Waals surface area contributed by atoms with Gasteiger partial charge in [-0.25, -0.2) is 4.98 Å². The molecule has 0 fully saturated rings. The van der Waals surface area contributed by atoms with Crippen LogP contribution in [0.4, 0.5) is 0 Å². The number of carbonyl (C=O) groups excluding carboxylic acids is 1. The van der Waals surface area contributed by atoms with Crippen LogP contribution in [0, 0.1) is 0 Å². The number of carbonyl (C=O) groups is 1. The van der Waals surface area contributed by atoms with Crippen LogP contribution in [0.15, 0.2) is 36.8 Å². The maximum atomic E-state index is 11.6. The molecule has 6 nitrogen and oxygen atoms in total. The van der Waals surface area contributed by atoms with Crippen LogP contribution in [0.1, 0.15) is 11.3 Å². The molecule has 0 aliphatic heterocycles. The van der Waals surface area contributed by atoms with Crippen molar-refractivity contribution in [1.82, 2.24) is 15.3 Å². The molecule has 104 valence electrons. The lowest BCUT2D eigenvalue weighted by atomic mass is 10.2. The number of nitrogens with zero attached hydrogens (tertiary/aromatic N) is 1. The molecule has 1 aromatic heterocycles. The summed E-state index contributed by atoms with van der Waals surface area (Å²) < 4.78 is 5.35. The number of nitrogens with one attached hydrogen (secondary N) is 2. The standard InChI is InChI=1S/C13H14N4O2S/c14-13(20)9-1-3-11(4-2-9)19-7-12(18)16-6-10-5-15-8-17-10/h1-5,8H,6-7H2,(H2,14,20)(H,15,17)(H,16,18). The van der Waals surface area contributed by atoms with E-state index in [2.05, 4.69) is 15.3 Å². The van der Waals surface area contributed by atoms with Crippen LogP contribution in [0.2, 0.25) is 0 Å². The van der Waals surface area contributed by atoms with Gasteiger partial charge in [-0.1, -0.05) is 12.2 Å². The highest BCUT2D eigenvalue weighted by Gasteiger charge is 2.04. The SMILES string of the molecule is NC(=S)c1ccc(OCC(=O)NCc2cnc[nH]2)cc1. The van der Waals surface area contributed by atoms with Crippen molar-refractivity contribution in [3.63, 3.8) is 0 Å². The normalized spacial score (nSPS) is 10.0. The number of rotatable bonds is 6. The van der Waals surface area contributed by atoms with Crippen LogP contribution in [-0.4, -0.2) is 27.5 Å². The summed E-state index contributed by atoms with van der Waals surface area (Å²) in [4.78, 5) is 18.7. The molecule has 0 atom stereocenters. The molecule has 0 spiro atoms. The van der Waals surface area contributed by atoms with Gasteiger partial charge in [-0.15, -0.1) is 0 Å². The van der Waals surface area contributed by atoms with Gasteiger partial charge in [0.2, 0.25) is 0 Å². The van der Waals surface area contributed by atoms with Gasteiger partial charge in [-0.05, 0) is 24.3 Å². The van der Waals surface area contributed by atoms with Crippen molar-refractivity contribution < 1.29 is 9.53 Å². The van der Waals surface area contributed by atoms with Gasteiger partial charge in [-0.3, -0.25) is 4.79 Å². The molecule has 0 aliphatic rings. The third-order valence-corrected chi connectivity index (χ3v) is 2.78. The molecule has 2 aromatic rings. The van der Waals surface area contributed by atoms with Gasteiger partial charge in [0.05, 0.1) is 18.6 Å². The Balaban J connectivity index is 1.76. The number of aromatic amines is 1. The van der Waals surface area contributed by atoms with Crippen LogP contribution in [0.5, 0.6) is 5.75 Å². The van der Waals surface area contributed by atoms with Crippen molar-refractivity contribution in [3.8, 4) is 5.75 Å². The number of H-pyrrole nitrogens is 1. The maximum absolute atomic E-state index is 11.6. The topological polar surface area (TPSA) is 93.0 Å². The van der Waals surface area contributed by atoms with Gasteiger partial charge in [0.1, 0.15) is 10.7 Å². The molecule has 7 heteroatoms. The fourth-order valence-electron chi connectivity index (χ4n) is 1.49. The van der Waals surface area contributed by atoms with Gasteiger partial charge in [-0.2, -0.15) is 0 Å². The number of thiocarbonyl (C=S) groups is 1. The van der Waals surface area contributed by atoms with Crippen LogP contribution >= 0.6 is 12.2 Å². The Morgan fingerprint density at radius 2 is 2.15 bits per heavy atom. The average Bonchev–Trinajstić information content (AvgIpc) is 2.96. The first kappa shape index (κ1) is 14.0. The van der Waals surface area contributed by atoms with E-state index in [4.69, 9.17) is 22.7 Å². The Bertz CT molecular complexity index is 581. The third kappa shape index (κ3) is 4.06. The highest BCUT2D eigenvalue weighted by atomic mass is 32.1. The molecule has 2 rings (SSSR count). The quantitative estimate of drug-likeness (QED) is 0.682. The van der Waals surface area contributed by atoms with Gasteiger partial charge in [0.15, 0.2) is 6.61 Å². The van der Waals surface area contributed by atoms with Crippen LogP contribution in [0.25, 0.3) is 0 Å². The van der Waals surface area contributed by atoms with E-state index in [1.54, 1.807) is 36.8 Å². The molecule has 1 amide bonds. The second-order valence-corrected chi connectivity index (χ2v) is 4.47. The Morgan fingerprint density at radius 3 is 2.75 bits per heavy atom. The van der Waals surface area contributed by atoms with Crippen molar-refractivity contribution in [2.45, 2.75) is 6.54 Å². The van der Waals surface area contributed by atoms with Crippen molar-refractivity contribution in [3.05, 3.63) is 48.0 Å². The van der Waals surface area contributed by atoms with Crippen LogP contribution in [-0.2, 0) is 11.3 Å². The zero-order valence-corrected chi connectivity index (χ0v) is 11.4. The molecule has 0 saturated carbocycles. The first-order valence-electron chi connectivity index (χ1n) is 5.92. The van der Waals surface area contributed by atoms with E-state index in [1.165, 1.54) is 0 Å². The first-order chi connectivity index (χ1) is 9.65. The monoisotopic (exact) mass is 290 g/mol. The minimum absolute atomic E-state index is 0.0550. The molecule has 0 saturated heterocycles. The number of benzene rings is 1. The predicted molar refractivity (Wildman–Crippen MR) is 78.3 cm³/mol. The fraction of sp³-hybridized carbons (Fsp3) is 0.154. The summed E-state index contributed by atoms with van der Waals surface area (Å²) in [7, 11) is 0. The van der Waals surface area contributed by atoms with E-state index in [1.807, 2.05) is 0 Å². The van der Waals surface area contributed by atoms with E-state index in [9.17, 15) is 4.79 Å². The van der Waals surface area contributed by atoms with Gasteiger partial charge in [0, 0.05) is 11.8 Å². The van der Waals surface area contributed by atoms with Gasteiger partial charge >= 0.3 is 0 Å².